The first-order chi connectivity index (χ1) is 9.81. The highest BCUT2D eigenvalue weighted by atomic mass is 32.2. The predicted molar refractivity (Wildman–Crippen MR) is 72.3 cm³/mol. The van der Waals surface area contributed by atoms with Crippen LogP contribution >= 0.6 is 0 Å². The second-order valence-corrected chi connectivity index (χ2v) is 6.52. The number of allylic oxidation sites excluding steroid dienone is 1. The summed E-state index contributed by atoms with van der Waals surface area (Å²) in [5.41, 5.74) is -0.347. The molecule has 0 aromatic heterocycles. The SMILES string of the molecule is O=C(O)C1=CCCCC1S(=O)(=O)Nc1ccc(F)c(F)c1. The van der Waals surface area contributed by atoms with Crippen molar-refractivity contribution in [1.29, 1.82) is 0 Å². The van der Waals surface area contributed by atoms with Crippen molar-refractivity contribution in [2.75, 3.05) is 4.72 Å². The Labute approximate surface area is 120 Å². The molecule has 1 aliphatic carbocycles. The number of hydrogen-bond donors (Lipinski definition) is 2. The summed E-state index contributed by atoms with van der Waals surface area (Å²) >= 11 is 0. The Morgan fingerprint density at radius 2 is 2.00 bits per heavy atom. The number of halogens is 2. The molecule has 8 heteroatoms. The van der Waals surface area contributed by atoms with Crippen molar-refractivity contribution in [2.45, 2.75) is 24.5 Å². The molecule has 0 saturated carbocycles. The van der Waals surface area contributed by atoms with Gasteiger partial charge in [-0.2, -0.15) is 0 Å². The van der Waals surface area contributed by atoms with E-state index in [1.54, 1.807) is 0 Å². The zero-order chi connectivity index (χ0) is 15.6. The highest BCUT2D eigenvalue weighted by Crippen LogP contribution is 2.27. The molecule has 0 fully saturated rings. The van der Waals surface area contributed by atoms with Gasteiger partial charge in [-0.3, -0.25) is 4.72 Å². The molecule has 0 bridgehead atoms. The number of rotatable bonds is 4. The lowest BCUT2D eigenvalue weighted by Crippen LogP contribution is -2.34. The summed E-state index contributed by atoms with van der Waals surface area (Å²) in [6, 6.07) is 2.57. The van der Waals surface area contributed by atoms with E-state index in [1.807, 2.05) is 0 Å². The number of aliphatic carboxylic acids is 1. The standard InChI is InChI=1S/C13H13F2NO4S/c14-10-6-5-8(7-11(10)15)16-21(19,20)12-4-2-1-3-9(12)13(17)18/h3,5-7,12,16H,1-2,4H2,(H,17,18). The van der Waals surface area contributed by atoms with Crippen molar-refractivity contribution in [1.82, 2.24) is 0 Å². The van der Waals surface area contributed by atoms with Crippen molar-refractivity contribution < 1.29 is 27.1 Å². The van der Waals surface area contributed by atoms with Crippen LogP contribution in [-0.2, 0) is 14.8 Å². The molecule has 1 aromatic rings. The molecule has 0 aliphatic heterocycles. The van der Waals surface area contributed by atoms with Crippen LogP contribution in [0.4, 0.5) is 14.5 Å². The van der Waals surface area contributed by atoms with Gasteiger partial charge in [-0.25, -0.2) is 22.0 Å². The normalized spacial score (nSPS) is 19.0. The third kappa shape index (κ3) is 3.38. The lowest BCUT2D eigenvalue weighted by atomic mass is 9.99. The van der Waals surface area contributed by atoms with Gasteiger partial charge in [0.1, 0.15) is 5.25 Å². The van der Waals surface area contributed by atoms with Crippen molar-refractivity contribution >= 4 is 21.7 Å². The zero-order valence-electron chi connectivity index (χ0n) is 10.8. The maximum Gasteiger partial charge on any atom is 0.332 e. The van der Waals surface area contributed by atoms with Gasteiger partial charge in [-0.05, 0) is 31.4 Å². The number of carboxylic acid groups (broad SMARTS) is 1. The molecule has 0 amide bonds. The summed E-state index contributed by atoms with van der Waals surface area (Å²) in [4.78, 5) is 11.1. The maximum absolute atomic E-state index is 13.1. The smallest absolute Gasteiger partial charge is 0.332 e. The van der Waals surface area contributed by atoms with Crippen LogP contribution in [-0.4, -0.2) is 24.7 Å². The second kappa shape index (κ2) is 5.80. The first-order valence-corrected chi connectivity index (χ1v) is 7.76. The average molecular weight is 317 g/mol. The molecule has 0 spiro atoms. The van der Waals surface area contributed by atoms with E-state index in [0.717, 1.165) is 12.1 Å². The fourth-order valence-electron chi connectivity index (χ4n) is 2.19. The van der Waals surface area contributed by atoms with Crippen LogP contribution in [0, 0.1) is 11.6 Å². The minimum atomic E-state index is -4.05. The molecule has 0 heterocycles. The summed E-state index contributed by atoms with van der Waals surface area (Å²) < 4.78 is 52.5. The Morgan fingerprint density at radius 1 is 1.29 bits per heavy atom. The van der Waals surface area contributed by atoms with Crippen molar-refractivity contribution in [3.63, 3.8) is 0 Å². The van der Waals surface area contributed by atoms with E-state index in [-0.39, 0.29) is 17.7 Å². The van der Waals surface area contributed by atoms with Crippen molar-refractivity contribution in [3.8, 4) is 0 Å². The lowest BCUT2D eigenvalue weighted by molar-refractivity contribution is -0.132. The lowest BCUT2D eigenvalue weighted by Gasteiger charge is -2.22. The van der Waals surface area contributed by atoms with Crippen molar-refractivity contribution in [3.05, 3.63) is 41.5 Å². The Morgan fingerprint density at radius 3 is 2.62 bits per heavy atom. The Balaban J connectivity index is 2.29. The molecule has 2 N–H and O–H groups in total. The molecule has 21 heavy (non-hydrogen) atoms. The molecule has 1 aliphatic rings. The largest absolute Gasteiger partial charge is 0.478 e. The number of nitrogens with one attached hydrogen (secondary N) is 1. The van der Waals surface area contributed by atoms with Gasteiger partial charge in [-0.15, -0.1) is 0 Å². The van der Waals surface area contributed by atoms with Crippen LogP contribution in [0.25, 0.3) is 0 Å². The number of benzene rings is 1. The minimum Gasteiger partial charge on any atom is -0.478 e. The van der Waals surface area contributed by atoms with E-state index in [1.165, 1.54) is 6.08 Å². The van der Waals surface area contributed by atoms with Gasteiger partial charge in [0, 0.05) is 6.07 Å². The monoisotopic (exact) mass is 317 g/mol. The van der Waals surface area contributed by atoms with Crippen LogP contribution in [0.3, 0.4) is 0 Å². The van der Waals surface area contributed by atoms with E-state index in [2.05, 4.69) is 4.72 Å². The number of sulfonamides is 1. The fourth-order valence-corrected chi connectivity index (χ4v) is 3.80. The van der Waals surface area contributed by atoms with Gasteiger partial charge < -0.3 is 5.11 Å². The van der Waals surface area contributed by atoms with Crippen molar-refractivity contribution in [2.24, 2.45) is 0 Å². The van der Waals surface area contributed by atoms with Gasteiger partial charge in [0.2, 0.25) is 10.0 Å². The number of carboxylic acids is 1. The highest BCUT2D eigenvalue weighted by molar-refractivity contribution is 7.93. The first kappa shape index (κ1) is 15.4. The third-order valence-corrected chi connectivity index (χ3v) is 4.94. The van der Waals surface area contributed by atoms with Crippen LogP contribution in [0.5, 0.6) is 0 Å². The molecule has 2 rings (SSSR count). The molecule has 5 nitrogen and oxygen atoms in total. The summed E-state index contributed by atoms with van der Waals surface area (Å²) in [6.45, 7) is 0. The zero-order valence-corrected chi connectivity index (χ0v) is 11.7. The number of carbonyl (C=O) groups is 1. The predicted octanol–water partition coefficient (Wildman–Crippen LogP) is 2.27. The van der Waals surface area contributed by atoms with Gasteiger partial charge in [0.05, 0.1) is 11.3 Å². The van der Waals surface area contributed by atoms with Gasteiger partial charge >= 0.3 is 5.97 Å². The Hall–Kier alpha value is -1.96. The quantitative estimate of drug-likeness (QED) is 0.892. The van der Waals surface area contributed by atoms with Crippen LogP contribution in [0.1, 0.15) is 19.3 Å². The highest BCUT2D eigenvalue weighted by Gasteiger charge is 2.34. The average Bonchev–Trinajstić information content (AvgIpc) is 2.42. The van der Waals surface area contributed by atoms with Crippen LogP contribution in [0.2, 0.25) is 0 Å². The Bertz CT molecular complexity index is 700. The van der Waals surface area contributed by atoms with Crippen LogP contribution in [0.15, 0.2) is 29.8 Å². The molecule has 1 unspecified atom stereocenters. The van der Waals surface area contributed by atoms with E-state index in [4.69, 9.17) is 5.11 Å². The van der Waals surface area contributed by atoms with Gasteiger partial charge in [0.25, 0.3) is 0 Å². The summed E-state index contributed by atoms with van der Waals surface area (Å²) in [7, 11) is -4.05. The minimum absolute atomic E-state index is 0.149. The van der Waals surface area contributed by atoms with E-state index < -0.39 is 32.9 Å². The van der Waals surface area contributed by atoms with Gasteiger partial charge in [-0.1, -0.05) is 6.08 Å². The molecular formula is C13H13F2NO4S. The second-order valence-electron chi connectivity index (χ2n) is 4.66. The summed E-state index contributed by atoms with van der Waals surface area (Å²) in [5, 5.41) is 7.84. The first-order valence-electron chi connectivity index (χ1n) is 6.21. The molecule has 1 atom stereocenters. The van der Waals surface area contributed by atoms with E-state index in [0.29, 0.717) is 18.9 Å². The Kier molecular flexibility index (Phi) is 4.26. The van der Waals surface area contributed by atoms with Gasteiger partial charge in [0.15, 0.2) is 11.6 Å². The maximum atomic E-state index is 13.1. The van der Waals surface area contributed by atoms with E-state index in [9.17, 15) is 22.0 Å². The molecule has 1 aromatic carbocycles. The molecular weight excluding hydrogens is 304 g/mol. The molecule has 0 saturated heterocycles. The molecule has 0 radical (unpaired) electrons. The summed E-state index contributed by atoms with van der Waals surface area (Å²) in [6.07, 6.45) is 2.58. The summed E-state index contributed by atoms with van der Waals surface area (Å²) in [5.74, 6) is -3.58. The third-order valence-electron chi connectivity index (χ3n) is 3.18. The number of hydrogen-bond acceptors (Lipinski definition) is 3. The molecule has 114 valence electrons. The van der Waals surface area contributed by atoms with Crippen LogP contribution < -0.4 is 4.72 Å². The topological polar surface area (TPSA) is 83.5 Å². The number of anilines is 1. The van der Waals surface area contributed by atoms with E-state index >= 15 is 0 Å². The fraction of sp³-hybridized carbons (Fsp3) is 0.308.